The number of halogens is 1. The highest BCUT2D eigenvalue weighted by Gasteiger charge is 2.22. The van der Waals surface area contributed by atoms with Gasteiger partial charge in [-0.05, 0) is 38.0 Å². The van der Waals surface area contributed by atoms with Crippen LogP contribution in [0.15, 0.2) is 35.1 Å². The maximum Gasteiger partial charge on any atom is 0.274 e. The maximum absolute atomic E-state index is 13.6. The number of carbonyl (C=O) groups excluding carboxylic acids is 1. The molecule has 0 unspecified atom stereocenters. The van der Waals surface area contributed by atoms with Crippen LogP contribution in [0.25, 0.3) is 5.65 Å². The van der Waals surface area contributed by atoms with Crippen LogP contribution >= 0.6 is 0 Å². The van der Waals surface area contributed by atoms with Gasteiger partial charge in [0.1, 0.15) is 11.5 Å². The minimum Gasteiger partial charge on any atom is -0.333 e. The van der Waals surface area contributed by atoms with Crippen LogP contribution in [-0.4, -0.2) is 31.5 Å². The van der Waals surface area contributed by atoms with E-state index < -0.39 is 5.82 Å². The molecule has 0 aliphatic heterocycles. The number of hydrogen-bond acceptors (Lipinski definition) is 3. The first kappa shape index (κ1) is 20.8. The summed E-state index contributed by atoms with van der Waals surface area (Å²) in [6, 6.07) is 7.28. The second kappa shape index (κ2) is 8.59. The molecule has 154 valence electrons. The summed E-state index contributed by atoms with van der Waals surface area (Å²) in [5.74, 6) is -0.682. The van der Waals surface area contributed by atoms with Gasteiger partial charge in [0.2, 0.25) is 0 Å². The zero-order valence-electron chi connectivity index (χ0n) is 17.4. The number of benzene rings is 1. The number of amides is 1. The van der Waals surface area contributed by atoms with Gasteiger partial charge in [-0.25, -0.2) is 4.39 Å². The van der Waals surface area contributed by atoms with E-state index in [2.05, 4.69) is 12.0 Å². The third kappa shape index (κ3) is 4.09. The molecule has 3 aromatic rings. The summed E-state index contributed by atoms with van der Waals surface area (Å²) in [5, 5.41) is 4.56. The zero-order valence-corrected chi connectivity index (χ0v) is 17.4. The van der Waals surface area contributed by atoms with Gasteiger partial charge in [-0.2, -0.15) is 9.61 Å². The number of hydrogen-bond donors (Lipinski definition) is 0. The summed E-state index contributed by atoms with van der Waals surface area (Å²) < 4.78 is 17.0. The average Bonchev–Trinajstić information content (AvgIpc) is 3.04. The van der Waals surface area contributed by atoms with E-state index in [4.69, 9.17) is 0 Å². The molecule has 0 atom stereocenters. The van der Waals surface area contributed by atoms with Crippen molar-refractivity contribution in [1.29, 1.82) is 0 Å². The van der Waals surface area contributed by atoms with E-state index in [9.17, 15) is 14.0 Å². The van der Waals surface area contributed by atoms with Crippen LogP contribution in [0.4, 0.5) is 4.39 Å². The Labute approximate surface area is 169 Å². The third-order valence-electron chi connectivity index (χ3n) is 5.12. The highest BCUT2D eigenvalue weighted by Crippen LogP contribution is 2.20. The Hall–Kier alpha value is -2.96. The molecule has 7 heteroatoms. The van der Waals surface area contributed by atoms with Crippen LogP contribution in [-0.2, 0) is 20.0 Å². The molecule has 0 aliphatic carbocycles. The summed E-state index contributed by atoms with van der Waals surface area (Å²) in [6.07, 6.45) is 2.41. The highest BCUT2D eigenvalue weighted by molar-refractivity contribution is 5.94. The number of fused-ring (bicyclic) bond motifs is 1. The number of rotatable bonds is 7. The van der Waals surface area contributed by atoms with Crippen molar-refractivity contribution in [3.8, 4) is 0 Å². The predicted molar refractivity (Wildman–Crippen MR) is 111 cm³/mol. The van der Waals surface area contributed by atoms with Gasteiger partial charge in [-0.15, -0.1) is 0 Å². The number of aryl methyl sites for hydroxylation is 3. The van der Waals surface area contributed by atoms with Crippen molar-refractivity contribution >= 4 is 11.6 Å². The fourth-order valence-electron chi connectivity index (χ4n) is 3.63. The van der Waals surface area contributed by atoms with Crippen molar-refractivity contribution in [3.63, 3.8) is 0 Å². The lowest BCUT2D eigenvalue weighted by Crippen LogP contribution is -2.32. The third-order valence-corrected chi connectivity index (χ3v) is 5.12. The monoisotopic (exact) mass is 398 g/mol. The van der Waals surface area contributed by atoms with Crippen molar-refractivity contribution in [2.24, 2.45) is 7.05 Å². The van der Waals surface area contributed by atoms with Gasteiger partial charge in [0, 0.05) is 36.5 Å². The Morgan fingerprint density at radius 1 is 1.21 bits per heavy atom. The van der Waals surface area contributed by atoms with Crippen LogP contribution in [0, 0.1) is 12.7 Å². The molecule has 2 heterocycles. The molecule has 0 fully saturated rings. The Morgan fingerprint density at radius 2 is 1.97 bits per heavy atom. The second-order valence-corrected chi connectivity index (χ2v) is 7.33. The fraction of sp³-hybridized carbons (Fsp3) is 0.409. The average molecular weight is 398 g/mol. The van der Waals surface area contributed by atoms with E-state index in [1.807, 2.05) is 25.5 Å². The number of nitrogens with zero attached hydrogens (tertiary/aromatic N) is 4. The lowest BCUT2D eigenvalue weighted by Gasteiger charge is -2.22. The standard InChI is InChI=1S/C22H27FN4O2/c1-5-8-18-19(24-27-20(28)12-15(3)25(4)21(18)27)14-26(11-6-2)22(29)16-9-7-10-17(23)13-16/h7,9-10,12-13H,5-6,8,11,14H2,1-4H3. The smallest absolute Gasteiger partial charge is 0.274 e. The van der Waals surface area contributed by atoms with E-state index >= 15 is 0 Å². The van der Waals surface area contributed by atoms with Gasteiger partial charge in [0.15, 0.2) is 0 Å². The minimum absolute atomic E-state index is 0.183. The Balaban J connectivity index is 2.07. The molecule has 2 aromatic heterocycles. The Bertz CT molecular complexity index is 1100. The normalized spacial score (nSPS) is 11.2. The van der Waals surface area contributed by atoms with Crippen LogP contribution < -0.4 is 5.56 Å². The molecular weight excluding hydrogens is 371 g/mol. The summed E-state index contributed by atoms with van der Waals surface area (Å²) in [4.78, 5) is 27.2. The topological polar surface area (TPSA) is 59.6 Å². The molecule has 0 aliphatic rings. The lowest BCUT2D eigenvalue weighted by atomic mass is 10.1. The van der Waals surface area contributed by atoms with E-state index in [1.165, 1.54) is 22.7 Å². The molecule has 0 bridgehead atoms. The Morgan fingerprint density at radius 3 is 2.62 bits per heavy atom. The van der Waals surface area contributed by atoms with E-state index in [1.54, 1.807) is 17.0 Å². The zero-order chi connectivity index (χ0) is 21.1. The molecule has 1 aromatic carbocycles. The van der Waals surface area contributed by atoms with Gasteiger partial charge in [0.05, 0.1) is 12.2 Å². The molecule has 0 saturated heterocycles. The summed E-state index contributed by atoms with van der Waals surface area (Å²) in [7, 11) is 1.91. The molecule has 0 N–H and O–H groups in total. The van der Waals surface area contributed by atoms with Crippen LogP contribution in [0.2, 0.25) is 0 Å². The molecule has 0 radical (unpaired) electrons. The van der Waals surface area contributed by atoms with Gasteiger partial charge in [-0.3, -0.25) is 9.59 Å². The van der Waals surface area contributed by atoms with Crippen molar-refractivity contribution in [1.82, 2.24) is 19.1 Å². The predicted octanol–water partition coefficient (Wildman–Crippen LogP) is 3.49. The highest BCUT2D eigenvalue weighted by atomic mass is 19.1. The van der Waals surface area contributed by atoms with Gasteiger partial charge >= 0.3 is 0 Å². The van der Waals surface area contributed by atoms with Crippen LogP contribution in [0.3, 0.4) is 0 Å². The van der Waals surface area contributed by atoms with Crippen molar-refractivity contribution in [2.75, 3.05) is 6.54 Å². The summed E-state index contributed by atoms with van der Waals surface area (Å²) in [6.45, 7) is 6.74. The second-order valence-electron chi connectivity index (χ2n) is 7.33. The maximum atomic E-state index is 13.6. The van der Waals surface area contributed by atoms with Crippen molar-refractivity contribution in [2.45, 2.75) is 46.6 Å². The molecular formula is C22H27FN4O2. The van der Waals surface area contributed by atoms with Gasteiger partial charge in [0.25, 0.3) is 11.5 Å². The van der Waals surface area contributed by atoms with Crippen LogP contribution in [0.1, 0.15) is 54.0 Å². The molecule has 0 spiro atoms. The first-order valence-corrected chi connectivity index (χ1v) is 9.99. The number of carbonyl (C=O) groups is 1. The van der Waals surface area contributed by atoms with Crippen molar-refractivity contribution in [3.05, 3.63) is 69.0 Å². The SMILES string of the molecule is CCCc1c(CN(CCC)C(=O)c2cccc(F)c2)nn2c(=O)cc(C)n(C)c12. The first-order valence-electron chi connectivity index (χ1n) is 9.99. The lowest BCUT2D eigenvalue weighted by molar-refractivity contribution is 0.0740. The Kier molecular flexibility index (Phi) is 6.15. The largest absolute Gasteiger partial charge is 0.333 e. The van der Waals surface area contributed by atoms with Crippen LogP contribution in [0.5, 0.6) is 0 Å². The number of aromatic nitrogens is 3. The van der Waals surface area contributed by atoms with E-state index in [0.717, 1.165) is 36.2 Å². The molecule has 1 amide bonds. The van der Waals surface area contributed by atoms with Gasteiger partial charge < -0.3 is 9.47 Å². The minimum atomic E-state index is -0.440. The molecule has 0 saturated carbocycles. The quantitative estimate of drug-likeness (QED) is 0.612. The molecule has 3 rings (SSSR count). The fourth-order valence-corrected chi connectivity index (χ4v) is 3.63. The van der Waals surface area contributed by atoms with E-state index in [0.29, 0.717) is 17.8 Å². The summed E-state index contributed by atoms with van der Waals surface area (Å²) in [5.41, 5.74) is 3.43. The van der Waals surface area contributed by atoms with Crippen molar-refractivity contribution < 1.29 is 9.18 Å². The van der Waals surface area contributed by atoms with Gasteiger partial charge in [-0.1, -0.05) is 26.3 Å². The molecule has 29 heavy (non-hydrogen) atoms. The first-order chi connectivity index (χ1) is 13.9. The van der Waals surface area contributed by atoms with E-state index in [-0.39, 0.29) is 18.0 Å². The summed E-state index contributed by atoms with van der Waals surface area (Å²) >= 11 is 0. The molecule has 6 nitrogen and oxygen atoms in total.